The van der Waals surface area contributed by atoms with Crippen LogP contribution in [0.2, 0.25) is 5.02 Å². The molecular formula is C18H23ClN2OS. The van der Waals surface area contributed by atoms with E-state index >= 15 is 0 Å². The van der Waals surface area contributed by atoms with Crippen molar-refractivity contribution >= 4 is 23.4 Å². The molecule has 1 aliphatic rings. The number of unbranched alkanes of at least 4 members (excludes halogenated alkanes) is 3. The summed E-state index contributed by atoms with van der Waals surface area (Å²) in [6, 6.07) is 6.13. The smallest absolute Gasteiger partial charge is 0.107 e. The summed E-state index contributed by atoms with van der Waals surface area (Å²) in [4.78, 5) is 8.81. The van der Waals surface area contributed by atoms with Gasteiger partial charge in [-0.25, -0.2) is 4.98 Å². The number of fused-ring (bicyclic) bond motifs is 1. The van der Waals surface area contributed by atoms with Crippen molar-refractivity contribution in [3.05, 3.63) is 47.0 Å². The molecule has 0 unspecified atom stereocenters. The Morgan fingerprint density at radius 2 is 2.22 bits per heavy atom. The van der Waals surface area contributed by atoms with Crippen molar-refractivity contribution in [2.75, 3.05) is 6.61 Å². The zero-order valence-corrected chi connectivity index (χ0v) is 15.0. The van der Waals surface area contributed by atoms with Gasteiger partial charge in [0.1, 0.15) is 5.82 Å². The van der Waals surface area contributed by atoms with Gasteiger partial charge >= 0.3 is 0 Å². The lowest BCUT2D eigenvalue weighted by atomic mass is 10.0. The lowest BCUT2D eigenvalue weighted by molar-refractivity contribution is 0.0493. The van der Waals surface area contributed by atoms with Crippen molar-refractivity contribution in [1.82, 2.24) is 9.97 Å². The lowest BCUT2D eigenvalue weighted by Gasteiger charge is -2.19. The summed E-state index contributed by atoms with van der Waals surface area (Å²) in [5.74, 6) is 1.01. The Morgan fingerprint density at radius 1 is 1.30 bits per heavy atom. The molecule has 0 bridgehead atoms. The molecule has 3 nitrogen and oxygen atoms in total. The number of H-pyrrole nitrogens is 1. The highest BCUT2D eigenvalue weighted by atomic mass is 35.5. The van der Waals surface area contributed by atoms with Crippen LogP contribution in [-0.4, -0.2) is 21.8 Å². The number of imidazole rings is 1. The summed E-state index contributed by atoms with van der Waals surface area (Å²) in [5.41, 5.74) is 1.27. The van der Waals surface area contributed by atoms with E-state index in [-0.39, 0.29) is 6.10 Å². The summed E-state index contributed by atoms with van der Waals surface area (Å²) < 4.78 is 6.27. The number of ether oxygens (including phenoxy) is 1. The third kappa shape index (κ3) is 4.31. The normalized spacial score (nSPS) is 19.9. The van der Waals surface area contributed by atoms with Crippen molar-refractivity contribution in [3.63, 3.8) is 0 Å². The summed E-state index contributed by atoms with van der Waals surface area (Å²) in [6.07, 6.45) is 9.59. The maximum atomic E-state index is 6.27. The van der Waals surface area contributed by atoms with Crippen LogP contribution in [0.4, 0.5) is 0 Å². The number of aromatic amines is 1. The van der Waals surface area contributed by atoms with Gasteiger partial charge in [-0.05, 0) is 24.1 Å². The number of nitrogens with zero attached hydrogens (tertiary/aromatic N) is 1. The highest BCUT2D eigenvalue weighted by Gasteiger charge is 2.34. The molecule has 0 fully saturated rings. The first-order valence-electron chi connectivity index (χ1n) is 8.34. The quantitative estimate of drug-likeness (QED) is 0.646. The van der Waals surface area contributed by atoms with E-state index in [0.29, 0.717) is 5.25 Å². The summed E-state index contributed by atoms with van der Waals surface area (Å²) in [5, 5.41) is 1.14. The third-order valence-corrected chi connectivity index (χ3v) is 5.70. The van der Waals surface area contributed by atoms with E-state index in [1.165, 1.54) is 29.7 Å². The molecule has 0 saturated heterocycles. The first kappa shape index (κ1) is 16.9. The van der Waals surface area contributed by atoms with Gasteiger partial charge < -0.3 is 9.72 Å². The maximum Gasteiger partial charge on any atom is 0.107 e. The molecule has 23 heavy (non-hydrogen) atoms. The first-order chi connectivity index (χ1) is 11.3. The summed E-state index contributed by atoms with van der Waals surface area (Å²) in [6.45, 7) is 3.05. The maximum absolute atomic E-state index is 6.27. The molecule has 2 aromatic rings. The molecule has 2 heterocycles. The van der Waals surface area contributed by atoms with Crippen molar-refractivity contribution in [2.24, 2.45) is 0 Å². The van der Waals surface area contributed by atoms with Crippen LogP contribution in [0, 0.1) is 0 Å². The molecule has 0 radical (unpaired) electrons. The zero-order chi connectivity index (χ0) is 16.1. The highest BCUT2D eigenvalue weighted by Crippen LogP contribution is 2.47. The standard InChI is InChI=1S/C18H23ClN2OS/c1-2-3-4-5-10-22-18-14-7-6-13(19)11-15(14)23-16(18)12-17-20-8-9-21-17/h6-9,11,16,18H,2-5,10,12H2,1H3,(H,20,21)/t16-,18-/m0/s1. The van der Waals surface area contributed by atoms with Gasteiger partial charge in [0, 0.05) is 40.6 Å². The fraction of sp³-hybridized carbons (Fsp3) is 0.500. The Labute approximate surface area is 147 Å². The second kappa shape index (κ2) is 8.22. The topological polar surface area (TPSA) is 37.9 Å². The van der Waals surface area contributed by atoms with E-state index in [9.17, 15) is 0 Å². The lowest BCUT2D eigenvalue weighted by Crippen LogP contribution is -2.18. The monoisotopic (exact) mass is 350 g/mol. The van der Waals surface area contributed by atoms with Crippen LogP contribution < -0.4 is 0 Å². The number of nitrogens with one attached hydrogen (secondary N) is 1. The minimum absolute atomic E-state index is 0.124. The van der Waals surface area contributed by atoms with Gasteiger partial charge in [-0.3, -0.25) is 0 Å². The fourth-order valence-corrected chi connectivity index (χ4v) is 4.62. The summed E-state index contributed by atoms with van der Waals surface area (Å²) in [7, 11) is 0. The molecule has 0 spiro atoms. The molecule has 0 aliphatic carbocycles. The van der Waals surface area contributed by atoms with Gasteiger partial charge in [0.05, 0.1) is 6.10 Å². The van der Waals surface area contributed by atoms with E-state index < -0.39 is 0 Å². The van der Waals surface area contributed by atoms with Gasteiger partial charge in [-0.15, -0.1) is 11.8 Å². The van der Waals surface area contributed by atoms with Crippen molar-refractivity contribution in [3.8, 4) is 0 Å². The predicted octanol–water partition coefficient (Wildman–Crippen LogP) is 5.42. The molecule has 0 saturated carbocycles. The molecule has 1 aromatic heterocycles. The van der Waals surface area contributed by atoms with Crippen molar-refractivity contribution in [2.45, 2.75) is 55.3 Å². The van der Waals surface area contributed by atoms with E-state index in [2.05, 4.69) is 29.0 Å². The van der Waals surface area contributed by atoms with Gasteiger partial charge in [0.15, 0.2) is 0 Å². The van der Waals surface area contributed by atoms with Crippen molar-refractivity contribution in [1.29, 1.82) is 0 Å². The fourth-order valence-electron chi connectivity index (χ4n) is 2.96. The number of hydrogen-bond acceptors (Lipinski definition) is 3. The van der Waals surface area contributed by atoms with Crippen LogP contribution in [0.15, 0.2) is 35.5 Å². The number of halogens is 1. The molecule has 1 aliphatic heterocycles. The van der Waals surface area contributed by atoms with Gasteiger partial charge in [-0.2, -0.15) is 0 Å². The van der Waals surface area contributed by atoms with E-state index in [1.807, 2.05) is 24.0 Å². The zero-order valence-electron chi connectivity index (χ0n) is 13.4. The second-order valence-electron chi connectivity index (χ2n) is 5.93. The number of hydrogen-bond donors (Lipinski definition) is 1. The molecule has 3 rings (SSSR count). The Hall–Kier alpha value is -0.970. The molecule has 124 valence electrons. The van der Waals surface area contributed by atoms with Crippen LogP contribution in [-0.2, 0) is 11.2 Å². The molecular weight excluding hydrogens is 328 g/mol. The number of benzene rings is 1. The van der Waals surface area contributed by atoms with Crippen LogP contribution in [0.5, 0.6) is 0 Å². The number of thioether (sulfide) groups is 1. The Morgan fingerprint density at radius 3 is 3.00 bits per heavy atom. The first-order valence-corrected chi connectivity index (χ1v) is 9.59. The van der Waals surface area contributed by atoms with Crippen LogP contribution in [0.25, 0.3) is 0 Å². The Bertz CT molecular complexity index is 617. The second-order valence-corrected chi connectivity index (χ2v) is 7.65. The molecule has 2 atom stereocenters. The van der Waals surface area contributed by atoms with E-state index in [0.717, 1.165) is 30.3 Å². The molecule has 5 heteroatoms. The predicted molar refractivity (Wildman–Crippen MR) is 96.2 cm³/mol. The number of rotatable bonds is 8. The minimum atomic E-state index is 0.124. The molecule has 0 amide bonds. The molecule has 1 N–H and O–H groups in total. The average Bonchev–Trinajstić information content (AvgIpc) is 3.15. The molecule has 1 aromatic carbocycles. The van der Waals surface area contributed by atoms with E-state index in [4.69, 9.17) is 16.3 Å². The third-order valence-electron chi connectivity index (χ3n) is 4.14. The Kier molecular flexibility index (Phi) is 6.03. The van der Waals surface area contributed by atoms with Crippen molar-refractivity contribution < 1.29 is 4.74 Å². The van der Waals surface area contributed by atoms with Crippen LogP contribution >= 0.6 is 23.4 Å². The SMILES string of the molecule is CCCCCCO[C@H]1c2ccc(Cl)cc2S[C@H]1Cc1ncc[nH]1. The largest absolute Gasteiger partial charge is 0.372 e. The number of aromatic nitrogens is 2. The highest BCUT2D eigenvalue weighted by molar-refractivity contribution is 8.00. The Balaban J connectivity index is 1.68. The van der Waals surface area contributed by atoms with Gasteiger partial charge in [0.2, 0.25) is 0 Å². The minimum Gasteiger partial charge on any atom is -0.372 e. The van der Waals surface area contributed by atoms with E-state index in [1.54, 1.807) is 6.20 Å². The van der Waals surface area contributed by atoms with Crippen LogP contribution in [0.3, 0.4) is 0 Å². The summed E-state index contributed by atoms with van der Waals surface area (Å²) >= 11 is 8.01. The van der Waals surface area contributed by atoms with Gasteiger partial charge in [0.25, 0.3) is 0 Å². The van der Waals surface area contributed by atoms with Gasteiger partial charge in [-0.1, -0.05) is 43.9 Å². The van der Waals surface area contributed by atoms with Crippen LogP contribution in [0.1, 0.15) is 50.1 Å². The average molecular weight is 351 g/mol.